The summed E-state index contributed by atoms with van der Waals surface area (Å²) in [6.45, 7) is 0. The molecule has 0 saturated heterocycles. The van der Waals surface area contributed by atoms with E-state index < -0.39 is 0 Å². The van der Waals surface area contributed by atoms with E-state index >= 15 is 0 Å². The van der Waals surface area contributed by atoms with Crippen LogP contribution in [0.1, 0.15) is 5.56 Å². The van der Waals surface area contributed by atoms with Gasteiger partial charge in [-0.15, -0.1) is 10.2 Å². The zero-order chi connectivity index (χ0) is 15.4. The van der Waals surface area contributed by atoms with E-state index in [0.717, 1.165) is 27.1 Å². The van der Waals surface area contributed by atoms with Crippen LogP contribution in [0.5, 0.6) is 0 Å². The van der Waals surface area contributed by atoms with E-state index in [4.69, 9.17) is 23.2 Å². The van der Waals surface area contributed by atoms with Gasteiger partial charge in [-0.05, 0) is 42.0 Å². The fraction of sp³-hybridized carbons (Fsp3) is 0.0588. The zero-order valence-electron chi connectivity index (χ0n) is 11.5. The van der Waals surface area contributed by atoms with E-state index in [1.165, 1.54) is 5.56 Å². The van der Waals surface area contributed by atoms with Gasteiger partial charge >= 0.3 is 0 Å². The molecule has 110 valence electrons. The Bertz CT molecular complexity index is 741. The summed E-state index contributed by atoms with van der Waals surface area (Å²) in [6.07, 6.45) is 0. The standard InChI is InChI=1S/C17H12Cl2N2S/c18-14-5-1-12(2-6-14)11-22-17-10-9-16(20-21-17)13-3-7-15(19)8-4-13/h1-10H,11H2. The minimum atomic E-state index is 0.715. The number of aromatic nitrogens is 2. The largest absolute Gasteiger partial charge is 0.149 e. The maximum absolute atomic E-state index is 5.89. The van der Waals surface area contributed by atoms with Crippen molar-refractivity contribution >= 4 is 35.0 Å². The maximum atomic E-state index is 5.89. The number of hydrogen-bond acceptors (Lipinski definition) is 3. The van der Waals surface area contributed by atoms with Crippen molar-refractivity contribution in [2.24, 2.45) is 0 Å². The highest BCUT2D eigenvalue weighted by Gasteiger charge is 2.03. The molecule has 0 aliphatic carbocycles. The maximum Gasteiger partial charge on any atom is 0.119 e. The average Bonchev–Trinajstić information content (AvgIpc) is 2.56. The van der Waals surface area contributed by atoms with Crippen LogP contribution in [0.2, 0.25) is 10.0 Å². The summed E-state index contributed by atoms with van der Waals surface area (Å²) < 4.78 is 0. The van der Waals surface area contributed by atoms with Crippen molar-refractivity contribution < 1.29 is 0 Å². The smallest absolute Gasteiger partial charge is 0.119 e. The van der Waals surface area contributed by atoms with Gasteiger partial charge in [-0.25, -0.2) is 0 Å². The first-order valence-electron chi connectivity index (χ1n) is 6.67. The number of benzene rings is 2. The van der Waals surface area contributed by atoms with Crippen LogP contribution in [0.3, 0.4) is 0 Å². The lowest BCUT2D eigenvalue weighted by Gasteiger charge is -2.03. The second kappa shape index (κ2) is 7.14. The van der Waals surface area contributed by atoms with Gasteiger partial charge in [0.25, 0.3) is 0 Å². The summed E-state index contributed by atoms with van der Waals surface area (Å²) in [5, 5.41) is 10.9. The van der Waals surface area contributed by atoms with E-state index in [2.05, 4.69) is 10.2 Å². The highest BCUT2D eigenvalue weighted by Crippen LogP contribution is 2.24. The predicted molar refractivity (Wildman–Crippen MR) is 93.5 cm³/mol. The van der Waals surface area contributed by atoms with Gasteiger partial charge in [-0.3, -0.25) is 0 Å². The van der Waals surface area contributed by atoms with Gasteiger partial charge in [-0.2, -0.15) is 0 Å². The molecule has 2 aromatic carbocycles. The third-order valence-electron chi connectivity index (χ3n) is 3.08. The molecule has 0 N–H and O–H groups in total. The molecule has 0 spiro atoms. The van der Waals surface area contributed by atoms with Crippen LogP contribution in [-0.2, 0) is 5.75 Å². The Morgan fingerprint density at radius 2 is 1.36 bits per heavy atom. The van der Waals surface area contributed by atoms with Crippen molar-refractivity contribution in [1.29, 1.82) is 0 Å². The van der Waals surface area contributed by atoms with Crippen molar-refractivity contribution in [3.8, 4) is 11.3 Å². The molecule has 1 heterocycles. The number of rotatable bonds is 4. The Morgan fingerprint density at radius 3 is 1.95 bits per heavy atom. The molecule has 0 atom stereocenters. The highest BCUT2D eigenvalue weighted by molar-refractivity contribution is 7.98. The first-order chi connectivity index (χ1) is 10.7. The Morgan fingerprint density at radius 1 is 0.727 bits per heavy atom. The minimum absolute atomic E-state index is 0.715. The van der Waals surface area contributed by atoms with Crippen LogP contribution in [-0.4, -0.2) is 10.2 Å². The predicted octanol–water partition coefficient (Wildman–Crippen LogP) is 5.74. The summed E-state index contributed by atoms with van der Waals surface area (Å²) in [5.74, 6) is 0.839. The third kappa shape index (κ3) is 4.01. The van der Waals surface area contributed by atoms with Gasteiger partial charge in [0, 0.05) is 21.4 Å². The molecular formula is C17H12Cl2N2S. The van der Waals surface area contributed by atoms with Gasteiger partial charge in [0.1, 0.15) is 5.03 Å². The first kappa shape index (κ1) is 15.3. The van der Waals surface area contributed by atoms with Crippen LogP contribution < -0.4 is 0 Å². The van der Waals surface area contributed by atoms with Gasteiger partial charge in [0.15, 0.2) is 0 Å². The summed E-state index contributed by atoms with van der Waals surface area (Å²) in [5.41, 5.74) is 3.05. The normalized spacial score (nSPS) is 10.6. The third-order valence-corrected chi connectivity index (χ3v) is 4.58. The Kier molecular flexibility index (Phi) is 4.98. The number of thioether (sulfide) groups is 1. The van der Waals surface area contributed by atoms with Crippen molar-refractivity contribution in [2.45, 2.75) is 10.8 Å². The molecule has 1 aromatic heterocycles. The van der Waals surface area contributed by atoms with Gasteiger partial charge < -0.3 is 0 Å². The zero-order valence-corrected chi connectivity index (χ0v) is 13.9. The SMILES string of the molecule is Clc1ccc(CSc2ccc(-c3ccc(Cl)cc3)nn2)cc1. The van der Waals surface area contributed by atoms with Crippen LogP contribution >= 0.6 is 35.0 Å². The number of nitrogens with zero attached hydrogens (tertiary/aromatic N) is 2. The fourth-order valence-electron chi connectivity index (χ4n) is 1.91. The topological polar surface area (TPSA) is 25.8 Å². The summed E-state index contributed by atoms with van der Waals surface area (Å²) in [6, 6.07) is 19.4. The van der Waals surface area contributed by atoms with Gasteiger partial charge in [0.2, 0.25) is 0 Å². The lowest BCUT2D eigenvalue weighted by molar-refractivity contribution is 0.935. The minimum Gasteiger partial charge on any atom is -0.149 e. The Balaban J connectivity index is 1.66. The Hall–Kier alpha value is -1.55. The van der Waals surface area contributed by atoms with E-state index in [1.807, 2.05) is 60.7 Å². The molecule has 22 heavy (non-hydrogen) atoms. The lowest BCUT2D eigenvalue weighted by Crippen LogP contribution is -1.90. The fourth-order valence-corrected chi connectivity index (χ4v) is 2.93. The molecular weight excluding hydrogens is 335 g/mol. The van der Waals surface area contributed by atoms with Crippen LogP contribution in [0.25, 0.3) is 11.3 Å². The van der Waals surface area contributed by atoms with Crippen molar-refractivity contribution in [3.63, 3.8) is 0 Å². The quantitative estimate of drug-likeness (QED) is 0.563. The molecule has 0 fully saturated rings. The van der Waals surface area contributed by atoms with E-state index in [0.29, 0.717) is 5.02 Å². The molecule has 0 radical (unpaired) electrons. The molecule has 0 amide bonds. The summed E-state index contributed by atoms with van der Waals surface area (Å²) in [4.78, 5) is 0. The molecule has 2 nitrogen and oxygen atoms in total. The lowest BCUT2D eigenvalue weighted by atomic mass is 10.1. The van der Waals surface area contributed by atoms with Crippen molar-refractivity contribution in [2.75, 3.05) is 0 Å². The molecule has 0 bridgehead atoms. The van der Waals surface area contributed by atoms with E-state index in [9.17, 15) is 0 Å². The summed E-state index contributed by atoms with van der Waals surface area (Å²) in [7, 11) is 0. The molecule has 0 aliphatic rings. The first-order valence-corrected chi connectivity index (χ1v) is 8.42. The molecule has 0 saturated carbocycles. The number of halogens is 2. The van der Waals surface area contributed by atoms with Gasteiger partial charge in [-0.1, -0.05) is 59.2 Å². The number of hydrogen-bond donors (Lipinski definition) is 0. The molecule has 0 unspecified atom stereocenters. The van der Waals surface area contributed by atoms with E-state index in [1.54, 1.807) is 11.8 Å². The highest BCUT2D eigenvalue weighted by atomic mass is 35.5. The van der Waals surface area contributed by atoms with Crippen LogP contribution in [0, 0.1) is 0 Å². The second-order valence-corrected chi connectivity index (χ2v) is 6.55. The van der Waals surface area contributed by atoms with Crippen molar-refractivity contribution in [1.82, 2.24) is 10.2 Å². The summed E-state index contributed by atoms with van der Waals surface area (Å²) >= 11 is 13.4. The second-order valence-electron chi connectivity index (χ2n) is 4.68. The van der Waals surface area contributed by atoms with Gasteiger partial charge in [0.05, 0.1) is 5.69 Å². The average molecular weight is 347 g/mol. The Labute approximate surface area is 143 Å². The van der Waals surface area contributed by atoms with Crippen LogP contribution in [0.4, 0.5) is 0 Å². The molecule has 3 rings (SSSR count). The van der Waals surface area contributed by atoms with E-state index in [-0.39, 0.29) is 0 Å². The molecule has 5 heteroatoms. The molecule has 3 aromatic rings. The monoisotopic (exact) mass is 346 g/mol. The van der Waals surface area contributed by atoms with Crippen molar-refractivity contribution in [3.05, 3.63) is 76.3 Å². The molecule has 0 aliphatic heterocycles. The van der Waals surface area contributed by atoms with Crippen LogP contribution in [0.15, 0.2) is 65.7 Å².